The van der Waals surface area contributed by atoms with Crippen LogP contribution in [0.15, 0.2) is 4.99 Å². The van der Waals surface area contributed by atoms with Gasteiger partial charge in [-0.3, -0.25) is 0 Å². The molecule has 1 saturated carbocycles. The molecule has 2 rings (SSSR count). The van der Waals surface area contributed by atoms with Gasteiger partial charge >= 0.3 is 6.03 Å². The summed E-state index contributed by atoms with van der Waals surface area (Å²) in [6.07, 6.45) is 3.17. The van der Waals surface area contributed by atoms with Crippen LogP contribution in [0.4, 0.5) is 4.79 Å². The monoisotopic (exact) mass is 227 g/mol. The van der Waals surface area contributed by atoms with Crippen LogP contribution in [0.25, 0.3) is 0 Å². The van der Waals surface area contributed by atoms with Gasteiger partial charge in [0, 0.05) is 6.04 Å². The zero-order valence-electron chi connectivity index (χ0n) is 8.98. The number of urea groups is 1. The maximum absolute atomic E-state index is 11.6. The van der Waals surface area contributed by atoms with E-state index in [1.807, 2.05) is 16.7 Å². The minimum atomic E-state index is -0.124. The Morgan fingerprint density at radius 3 is 2.93 bits per heavy atom. The number of thioether (sulfide) groups is 1. The Balaban J connectivity index is 1.94. The molecular formula is C10H17N3OS. The summed E-state index contributed by atoms with van der Waals surface area (Å²) in [5, 5.41) is 0. The molecule has 0 spiro atoms. The Bertz CT molecular complexity index is 288. The van der Waals surface area contributed by atoms with Crippen molar-refractivity contribution in [3.05, 3.63) is 0 Å². The first kappa shape index (κ1) is 10.8. The number of carbonyl (C=O) groups is 1. The quantitative estimate of drug-likeness (QED) is 0.723. The number of hydrogen-bond acceptors (Lipinski definition) is 3. The van der Waals surface area contributed by atoms with E-state index >= 15 is 0 Å². The van der Waals surface area contributed by atoms with Crippen LogP contribution in [0.3, 0.4) is 0 Å². The summed E-state index contributed by atoms with van der Waals surface area (Å²) in [5.74, 6) is 2.68. The van der Waals surface area contributed by atoms with Gasteiger partial charge in [-0.15, -0.1) is 0 Å². The first-order valence-corrected chi connectivity index (χ1v) is 6.63. The van der Waals surface area contributed by atoms with Crippen molar-refractivity contribution in [2.24, 2.45) is 10.7 Å². The first-order chi connectivity index (χ1) is 7.24. The fourth-order valence-corrected chi connectivity index (χ4v) is 2.59. The lowest BCUT2D eigenvalue weighted by atomic mass is 10.2. The van der Waals surface area contributed by atoms with Crippen LogP contribution in [0.1, 0.15) is 26.2 Å². The van der Waals surface area contributed by atoms with Gasteiger partial charge in [0.15, 0.2) is 0 Å². The molecule has 1 aliphatic heterocycles. The smallest absolute Gasteiger partial charge is 0.346 e. The molecule has 1 aliphatic carbocycles. The zero-order chi connectivity index (χ0) is 10.8. The molecule has 2 amide bonds. The molecule has 0 aromatic rings. The summed E-state index contributed by atoms with van der Waals surface area (Å²) in [7, 11) is 0. The molecule has 84 valence electrons. The summed E-state index contributed by atoms with van der Waals surface area (Å²) in [5.41, 5.74) is 5.79. The second-order valence-corrected chi connectivity index (χ2v) is 5.35. The molecule has 5 heteroatoms. The van der Waals surface area contributed by atoms with Gasteiger partial charge < -0.3 is 10.6 Å². The lowest BCUT2D eigenvalue weighted by molar-refractivity contribution is 0.202. The second kappa shape index (κ2) is 4.43. The van der Waals surface area contributed by atoms with E-state index in [-0.39, 0.29) is 12.1 Å². The minimum Gasteiger partial charge on any atom is -0.385 e. The Morgan fingerprint density at radius 2 is 2.33 bits per heavy atom. The van der Waals surface area contributed by atoms with Crippen LogP contribution < -0.4 is 5.73 Å². The highest BCUT2D eigenvalue weighted by Crippen LogP contribution is 2.32. The number of nitrogens with two attached hydrogens (primary N) is 1. The molecule has 15 heavy (non-hydrogen) atoms. The Morgan fingerprint density at radius 1 is 1.60 bits per heavy atom. The van der Waals surface area contributed by atoms with E-state index in [4.69, 9.17) is 5.73 Å². The Hall–Kier alpha value is -0.710. The van der Waals surface area contributed by atoms with Crippen molar-refractivity contribution < 1.29 is 4.79 Å². The molecule has 1 heterocycles. The third-order valence-electron chi connectivity index (χ3n) is 2.80. The number of carbonyl (C=O) groups excluding carboxylic acids is 1. The molecule has 1 unspecified atom stereocenters. The standard InChI is InChI=1S/C10H17N3OS/c1-2-15-6-5-8-9(11)12-10(14)13(8)7-3-4-7/h7-8H,2-6H2,1H3,(H2,11,12,14). The van der Waals surface area contributed by atoms with E-state index in [1.165, 1.54) is 0 Å². The second-order valence-electron chi connectivity index (χ2n) is 3.96. The molecule has 1 fully saturated rings. The van der Waals surface area contributed by atoms with Crippen LogP contribution in [0.2, 0.25) is 0 Å². The number of amidine groups is 1. The highest BCUT2D eigenvalue weighted by molar-refractivity contribution is 7.99. The fourth-order valence-electron chi connectivity index (χ4n) is 1.91. The zero-order valence-corrected chi connectivity index (χ0v) is 9.80. The summed E-state index contributed by atoms with van der Waals surface area (Å²) in [6.45, 7) is 2.14. The van der Waals surface area contributed by atoms with Gasteiger partial charge in [0.2, 0.25) is 0 Å². The van der Waals surface area contributed by atoms with Gasteiger partial charge in [-0.25, -0.2) is 4.79 Å². The van der Waals surface area contributed by atoms with Crippen molar-refractivity contribution in [2.45, 2.75) is 38.3 Å². The maximum Gasteiger partial charge on any atom is 0.346 e. The van der Waals surface area contributed by atoms with Gasteiger partial charge in [0.1, 0.15) is 5.84 Å². The maximum atomic E-state index is 11.6. The molecular weight excluding hydrogens is 210 g/mol. The van der Waals surface area contributed by atoms with Crippen LogP contribution in [-0.4, -0.2) is 40.4 Å². The summed E-state index contributed by atoms with van der Waals surface area (Å²) in [6, 6.07) is 0.365. The lowest BCUT2D eigenvalue weighted by Crippen LogP contribution is -2.42. The van der Waals surface area contributed by atoms with E-state index in [0.717, 1.165) is 30.8 Å². The van der Waals surface area contributed by atoms with Crippen LogP contribution in [0, 0.1) is 0 Å². The van der Waals surface area contributed by atoms with Gasteiger partial charge in [-0.2, -0.15) is 16.8 Å². The van der Waals surface area contributed by atoms with Crippen molar-refractivity contribution >= 4 is 23.6 Å². The Kier molecular flexibility index (Phi) is 3.19. The van der Waals surface area contributed by atoms with Crippen molar-refractivity contribution in [3.8, 4) is 0 Å². The lowest BCUT2D eigenvalue weighted by Gasteiger charge is -2.23. The number of hydrogen-bond donors (Lipinski definition) is 1. The van der Waals surface area contributed by atoms with E-state index in [2.05, 4.69) is 11.9 Å². The third kappa shape index (κ3) is 2.27. The van der Waals surface area contributed by atoms with Crippen LogP contribution in [-0.2, 0) is 0 Å². The average Bonchev–Trinajstić information content (AvgIpc) is 2.96. The summed E-state index contributed by atoms with van der Waals surface area (Å²) < 4.78 is 0. The Labute approximate surface area is 94.3 Å². The van der Waals surface area contributed by atoms with E-state index in [1.54, 1.807) is 0 Å². The molecule has 4 nitrogen and oxygen atoms in total. The predicted octanol–water partition coefficient (Wildman–Crippen LogP) is 1.45. The average molecular weight is 227 g/mol. The van der Waals surface area contributed by atoms with E-state index < -0.39 is 0 Å². The van der Waals surface area contributed by atoms with Crippen LogP contribution >= 0.6 is 11.8 Å². The van der Waals surface area contributed by atoms with Crippen LogP contribution in [0.5, 0.6) is 0 Å². The largest absolute Gasteiger partial charge is 0.385 e. The van der Waals surface area contributed by atoms with Gasteiger partial charge in [0.05, 0.1) is 6.04 Å². The minimum absolute atomic E-state index is 0.0732. The fraction of sp³-hybridized carbons (Fsp3) is 0.800. The molecule has 1 atom stereocenters. The molecule has 2 aliphatic rings. The molecule has 0 bridgehead atoms. The van der Waals surface area contributed by atoms with Gasteiger partial charge in [-0.05, 0) is 30.8 Å². The summed E-state index contributed by atoms with van der Waals surface area (Å²) >= 11 is 1.88. The number of aliphatic imine (C=N–C) groups is 1. The number of nitrogens with zero attached hydrogens (tertiary/aromatic N) is 2. The highest BCUT2D eigenvalue weighted by atomic mass is 32.2. The van der Waals surface area contributed by atoms with Crippen molar-refractivity contribution in [1.82, 2.24) is 4.90 Å². The highest BCUT2D eigenvalue weighted by Gasteiger charge is 2.42. The molecule has 2 N–H and O–H groups in total. The predicted molar refractivity (Wildman–Crippen MR) is 63.3 cm³/mol. The number of rotatable bonds is 5. The first-order valence-electron chi connectivity index (χ1n) is 5.48. The topological polar surface area (TPSA) is 58.7 Å². The normalized spacial score (nSPS) is 25.9. The van der Waals surface area contributed by atoms with Crippen molar-refractivity contribution in [3.63, 3.8) is 0 Å². The summed E-state index contributed by atoms with van der Waals surface area (Å²) in [4.78, 5) is 17.3. The molecule has 0 aromatic heterocycles. The van der Waals surface area contributed by atoms with Crippen molar-refractivity contribution in [2.75, 3.05) is 11.5 Å². The molecule has 0 aromatic carbocycles. The number of amides is 2. The van der Waals surface area contributed by atoms with Crippen molar-refractivity contribution in [1.29, 1.82) is 0 Å². The van der Waals surface area contributed by atoms with E-state index in [0.29, 0.717) is 11.9 Å². The van der Waals surface area contributed by atoms with Gasteiger partial charge in [0.25, 0.3) is 0 Å². The SMILES string of the molecule is CCSCCC1C(N)=NC(=O)N1C1CC1. The molecule has 0 saturated heterocycles. The molecule has 0 radical (unpaired) electrons. The van der Waals surface area contributed by atoms with E-state index in [9.17, 15) is 4.79 Å². The van der Waals surface area contributed by atoms with Gasteiger partial charge in [-0.1, -0.05) is 6.92 Å². The third-order valence-corrected chi connectivity index (χ3v) is 3.74.